The Labute approximate surface area is 168 Å². The number of carbonyl (C=O) groups is 2. The second-order valence-electron chi connectivity index (χ2n) is 7.04. The number of nitrogens with zero attached hydrogens (tertiary/aromatic N) is 1. The summed E-state index contributed by atoms with van der Waals surface area (Å²) in [6.07, 6.45) is 0.490. The van der Waals surface area contributed by atoms with Crippen LogP contribution in [0, 0.1) is 0 Å². The fraction of sp³-hybridized carbons (Fsp3) is 0.217. The quantitative estimate of drug-likeness (QED) is 0.686. The van der Waals surface area contributed by atoms with Crippen molar-refractivity contribution in [2.24, 2.45) is 0 Å². The molecule has 3 aromatic rings. The van der Waals surface area contributed by atoms with E-state index in [1.165, 1.54) is 0 Å². The first kappa shape index (κ1) is 18.4. The highest BCUT2D eigenvalue weighted by Gasteiger charge is 2.36. The van der Waals surface area contributed by atoms with Gasteiger partial charge in [-0.15, -0.1) is 11.3 Å². The molecule has 5 heteroatoms. The molecule has 1 aliphatic heterocycles. The van der Waals surface area contributed by atoms with Gasteiger partial charge in [0.1, 0.15) is 6.04 Å². The maximum Gasteiger partial charge on any atom is 0.255 e. The maximum absolute atomic E-state index is 13.2. The van der Waals surface area contributed by atoms with Crippen molar-refractivity contribution in [1.29, 1.82) is 0 Å². The van der Waals surface area contributed by atoms with E-state index in [2.05, 4.69) is 5.32 Å². The van der Waals surface area contributed by atoms with Crippen molar-refractivity contribution in [3.05, 3.63) is 93.7 Å². The lowest BCUT2D eigenvalue weighted by molar-refractivity contribution is -0.126. The lowest BCUT2D eigenvalue weighted by Gasteiger charge is -2.28. The minimum Gasteiger partial charge on any atom is -0.347 e. The van der Waals surface area contributed by atoms with Gasteiger partial charge in [-0.05, 0) is 35.6 Å². The summed E-state index contributed by atoms with van der Waals surface area (Å²) in [6.45, 7) is 2.44. The van der Waals surface area contributed by atoms with Crippen molar-refractivity contribution in [2.75, 3.05) is 0 Å². The Balaban J connectivity index is 1.59. The molecule has 0 saturated heterocycles. The second kappa shape index (κ2) is 7.98. The highest BCUT2D eigenvalue weighted by molar-refractivity contribution is 7.10. The molecule has 0 fully saturated rings. The number of amides is 2. The van der Waals surface area contributed by atoms with E-state index in [1.807, 2.05) is 79.0 Å². The third-order valence-corrected chi connectivity index (χ3v) is 6.18. The average Bonchev–Trinajstić information content (AvgIpc) is 3.36. The fourth-order valence-electron chi connectivity index (χ4n) is 3.63. The molecule has 1 unspecified atom stereocenters. The van der Waals surface area contributed by atoms with Gasteiger partial charge in [0, 0.05) is 23.4 Å². The van der Waals surface area contributed by atoms with Gasteiger partial charge < -0.3 is 10.2 Å². The molecule has 0 bridgehead atoms. The van der Waals surface area contributed by atoms with Crippen LogP contribution >= 0.6 is 11.3 Å². The van der Waals surface area contributed by atoms with E-state index in [4.69, 9.17) is 0 Å². The Hall–Kier alpha value is -2.92. The molecule has 4 nitrogen and oxygen atoms in total. The van der Waals surface area contributed by atoms with E-state index in [1.54, 1.807) is 16.2 Å². The monoisotopic (exact) mass is 390 g/mol. The number of hydrogen-bond acceptors (Lipinski definition) is 3. The molecule has 0 radical (unpaired) electrons. The Morgan fingerprint density at radius 2 is 1.82 bits per heavy atom. The highest BCUT2D eigenvalue weighted by Crippen LogP contribution is 2.27. The van der Waals surface area contributed by atoms with Crippen molar-refractivity contribution >= 4 is 23.2 Å². The van der Waals surface area contributed by atoms with E-state index >= 15 is 0 Å². The zero-order valence-corrected chi connectivity index (χ0v) is 16.5. The SMILES string of the molecule is CC(NC(=O)[C@H](Cc1ccccc1)N1Cc2ccccc2C1=O)c1cccs1. The van der Waals surface area contributed by atoms with Gasteiger partial charge in [0.25, 0.3) is 5.91 Å². The van der Waals surface area contributed by atoms with Crippen molar-refractivity contribution in [2.45, 2.75) is 32.0 Å². The van der Waals surface area contributed by atoms with Crippen LogP contribution in [0.4, 0.5) is 0 Å². The van der Waals surface area contributed by atoms with E-state index < -0.39 is 6.04 Å². The summed E-state index contributed by atoms with van der Waals surface area (Å²) in [5.41, 5.74) is 2.71. The van der Waals surface area contributed by atoms with Crippen LogP contribution in [0.2, 0.25) is 0 Å². The Kier molecular flexibility index (Phi) is 5.26. The van der Waals surface area contributed by atoms with E-state index in [0.717, 1.165) is 16.0 Å². The molecule has 0 spiro atoms. The van der Waals surface area contributed by atoms with Gasteiger partial charge in [0.05, 0.1) is 6.04 Å². The van der Waals surface area contributed by atoms with Gasteiger partial charge in [-0.1, -0.05) is 54.6 Å². The lowest BCUT2D eigenvalue weighted by Crippen LogP contribution is -2.48. The number of benzene rings is 2. The van der Waals surface area contributed by atoms with Crippen LogP contribution in [-0.2, 0) is 17.8 Å². The van der Waals surface area contributed by atoms with Crippen molar-refractivity contribution in [3.63, 3.8) is 0 Å². The van der Waals surface area contributed by atoms with E-state index in [9.17, 15) is 9.59 Å². The van der Waals surface area contributed by atoms with Crippen LogP contribution in [0.15, 0.2) is 72.1 Å². The molecule has 1 aliphatic rings. The van der Waals surface area contributed by atoms with Gasteiger partial charge in [-0.2, -0.15) is 0 Å². The first-order valence-corrected chi connectivity index (χ1v) is 10.3. The smallest absolute Gasteiger partial charge is 0.255 e. The summed E-state index contributed by atoms with van der Waals surface area (Å²) in [5, 5.41) is 5.10. The third-order valence-electron chi connectivity index (χ3n) is 5.13. The van der Waals surface area contributed by atoms with Crippen LogP contribution < -0.4 is 5.32 Å². The molecule has 4 rings (SSSR count). The van der Waals surface area contributed by atoms with Crippen molar-refractivity contribution < 1.29 is 9.59 Å². The Morgan fingerprint density at radius 1 is 1.07 bits per heavy atom. The second-order valence-corrected chi connectivity index (χ2v) is 8.02. The molecule has 0 saturated carbocycles. The zero-order chi connectivity index (χ0) is 19.5. The van der Waals surface area contributed by atoms with Crippen LogP contribution in [0.5, 0.6) is 0 Å². The van der Waals surface area contributed by atoms with Gasteiger partial charge >= 0.3 is 0 Å². The molecule has 2 aromatic carbocycles. The number of thiophene rings is 1. The fourth-order valence-corrected chi connectivity index (χ4v) is 4.36. The summed E-state index contributed by atoms with van der Waals surface area (Å²) in [4.78, 5) is 29.0. The Bertz CT molecular complexity index is 969. The standard InChI is InChI=1S/C23H22N2O2S/c1-16(21-12-7-13-28-21)24-22(26)20(14-17-8-3-2-4-9-17)25-15-18-10-5-6-11-19(18)23(25)27/h2-13,16,20H,14-15H2,1H3,(H,24,26)/t16?,20-/m0/s1. The number of hydrogen-bond donors (Lipinski definition) is 1. The predicted octanol–water partition coefficient (Wildman–Crippen LogP) is 4.19. The lowest BCUT2D eigenvalue weighted by atomic mass is 10.0. The highest BCUT2D eigenvalue weighted by atomic mass is 32.1. The molecule has 142 valence electrons. The van der Waals surface area contributed by atoms with Gasteiger partial charge in [-0.3, -0.25) is 9.59 Å². The van der Waals surface area contributed by atoms with Crippen LogP contribution in [-0.4, -0.2) is 22.8 Å². The summed E-state index contributed by atoms with van der Waals surface area (Å²) in [7, 11) is 0. The molecular formula is C23H22N2O2S. The van der Waals surface area contributed by atoms with Crippen molar-refractivity contribution in [1.82, 2.24) is 10.2 Å². The average molecular weight is 391 g/mol. The molecule has 2 heterocycles. The topological polar surface area (TPSA) is 49.4 Å². The number of carbonyl (C=O) groups excluding carboxylic acids is 2. The first-order valence-electron chi connectivity index (χ1n) is 9.40. The first-order chi connectivity index (χ1) is 13.6. The van der Waals surface area contributed by atoms with Crippen LogP contribution in [0.1, 0.15) is 39.3 Å². The molecule has 28 heavy (non-hydrogen) atoms. The molecule has 2 atom stereocenters. The minimum atomic E-state index is -0.551. The third kappa shape index (κ3) is 3.71. The summed E-state index contributed by atoms with van der Waals surface area (Å²) in [6, 6.07) is 20.8. The molecule has 1 aromatic heterocycles. The summed E-state index contributed by atoms with van der Waals surface area (Å²) in [5.74, 6) is -0.193. The number of rotatable bonds is 6. The van der Waals surface area contributed by atoms with Gasteiger partial charge in [-0.25, -0.2) is 0 Å². The summed E-state index contributed by atoms with van der Waals surface area (Å²) >= 11 is 1.62. The number of nitrogens with one attached hydrogen (secondary N) is 1. The zero-order valence-electron chi connectivity index (χ0n) is 15.7. The normalized spacial score (nSPS) is 15.2. The van der Waals surface area contributed by atoms with Crippen molar-refractivity contribution in [3.8, 4) is 0 Å². The largest absolute Gasteiger partial charge is 0.347 e. The van der Waals surface area contributed by atoms with Gasteiger partial charge in [0.15, 0.2) is 0 Å². The maximum atomic E-state index is 13.2. The van der Waals surface area contributed by atoms with E-state index in [0.29, 0.717) is 18.5 Å². The van der Waals surface area contributed by atoms with Gasteiger partial charge in [0.2, 0.25) is 5.91 Å². The molecular weight excluding hydrogens is 368 g/mol. The predicted molar refractivity (Wildman–Crippen MR) is 111 cm³/mol. The van der Waals surface area contributed by atoms with Crippen LogP contribution in [0.25, 0.3) is 0 Å². The molecule has 2 amide bonds. The Morgan fingerprint density at radius 3 is 2.54 bits per heavy atom. The minimum absolute atomic E-state index is 0.0737. The number of fused-ring (bicyclic) bond motifs is 1. The van der Waals surface area contributed by atoms with Crippen LogP contribution in [0.3, 0.4) is 0 Å². The molecule has 0 aliphatic carbocycles. The molecule has 1 N–H and O–H groups in total. The summed E-state index contributed by atoms with van der Waals surface area (Å²) < 4.78 is 0. The van der Waals surface area contributed by atoms with E-state index in [-0.39, 0.29) is 17.9 Å².